The van der Waals surface area contributed by atoms with Crippen LogP contribution in [0.25, 0.3) is 0 Å². The lowest BCUT2D eigenvalue weighted by atomic mass is 10.1. The fourth-order valence-electron chi connectivity index (χ4n) is 2.01. The van der Waals surface area contributed by atoms with Crippen molar-refractivity contribution >= 4 is 28.2 Å². The van der Waals surface area contributed by atoms with Crippen molar-refractivity contribution in [3.05, 3.63) is 4.88 Å². The van der Waals surface area contributed by atoms with Crippen molar-refractivity contribution in [2.45, 2.75) is 39.7 Å². The number of nitrogens with two attached hydrogens (primary N) is 1. The third-order valence-electron chi connectivity index (χ3n) is 2.97. The highest BCUT2D eigenvalue weighted by Gasteiger charge is 2.26. The van der Waals surface area contributed by atoms with Crippen LogP contribution in [0.3, 0.4) is 0 Å². The molecule has 0 spiro atoms. The second-order valence-electron chi connectivity index (χ2n) is 5.76. The van der Waals surface area contributed by atoms with Gasteiger partial charge >= 0.3 is 0 Å². The highest BCUT2D eigenvalue weighted by molar-refractivity contribution is 7.18. The van der Waals surface area contributed by atoms with Crippen LogP contribution in [0.5, 0.6) is 0 Å². The van der Waals surface area contributed by atoms with E-state index in [0.717, 1.165) is 18.1 Å². The highest BCUT2D eigenvalue weighted by Crippen LogP contribution is 2.29. The molecule has 0 aliphatic carbocycles. The number of carbonyl (C=O) groups is 1. The molecule has 0 radical (unpaired) electrons. The van der Waals surface area contributed by atoms with Gasteiger partial charge in [-0.3, -0.25) is 4.79 Å². The van der Waals surface area contributed by atoms with Crippen molar-refractivity contribution < 1.29 is 9.90 Å². The first-order valence-corrected chi connectivity index (χ1v) is 8.00. The third kappa shape index (κ3) is 4.86. The molecule has 1 amide bonds. The summed E-state index contributed by atoms with van der Waals surface area (Å²) < 4.78 is 0. The number of anilines is 2. The van der Waals surface area contributed by atoms with E-state index in [0.29, 0.717) is 11.4 Å². The predicted molar refractivity (Wildman–Crippen MR) is 88.0 cm³/mol. The maximum atomic E-state index is 12.6. The van der Waals surface area contributed by atoms with Gasteiger partial charge in [-0.05, 0) is 27.2 Å². The molecule has 0 saturated carbocycles. The molecule has 0 aliphatic rings. The first-order valence-electron chi connectivity index (χ1n) is 7.18. The number of likely N-dealkylation sites (N-methyl/N-ethyl adjacent to an activating group) is 1. The lowest BCUT2D eigenvalue weighted by Gasteiger charge is -2.27. The fourth-order valence-corrected chi connectivity index (χ4v) is 2.95. The van der Waals surface area contributed by atoms with E-state index < -0.39 is 5.60 Å². The quantitative estimate of drug-likeness (QED) is 0.802. The SMILES string of the molecule is CCCN(C)c1nc(N)c(C(=O)N(CC)CC(C)(C)O)s1. The van der Waals surface area contributed by atoms with Crippen molar-refractivity contribution in [1.82, 2.24) is 9.88 Å². The summed E-state index contributed by atoms with van der Waals surface area (Å²) in [4.78, 5) is 20.9. The summed E-state index contributed by atoms with van der Waals surface area (Å²) in [5.74, 6) is 0.0860. The van der Waals surface area contributed by atoms with E-state index in [1.54, 1.807) is 18.7 Å². The van der Waals surface area contributed by atoms with Crippen LogP contribution < -0.4 is 10.6 Å². The normalized spacial score (nSPS) is 11.5. The van der Waals surface area contributed by atoms with Gasteiger partial charge in [0.05, 0.1) is 5.60 Å². The van der Waals surface area contributed by atoms with Crippen molar-refractivity contribution in [2.75, 3.05) is 37.3 Å². The number of nitrogen functional groups attached to an aromatic ring is 1. The summed E-state index contributed by atoms with van der Waals surface area (Å²) in [5.41, 5.74) is 4.96. The number of nitrogens with zero attached hydrogens (tertiary/aromatic N) is 3. The standard InChI is InChI=1S/C14H26N4O2S/c1-6-8-17(5)13-16-11(15)10(21-13)12(19)18(7-2)9-14(3,4)20/h20H,6-9,15H2,1-5H3. The largest absolute Gasteiger partial charge is 0.389 e. The molecule has 0 atom stereocenters. The number of thiazole rings is 1. The van der Waals surface area contributed by atoms with Gasteiger partial charge in [-0.15, -0.1) is 0 Å². The molecule has 0 bridgehead atoms. The van der Waals surface area contributed by atoms with E-state index in [4.69, 9.17) is 5.73 Å². The van der Waals surface area contributed by atoms with Crippen molar-refractivity contribution in [3.8, 4) is 0 Å². The van der Waals surface area contributed by atoms with Crippen molar-refractivity contribution in [2.24, 2.45) is 0 Å². The monoisotopic (exact) mass is 314 g/mol. The smallest absolute Gasteiger partial charge is 0.267 e. The fraction of sp³-hybridized carbons (Fsp3) is 0.714. The Morgan fingerprint density at radius 3 is 2.52 bits per heavy atom. The topological polar surface area (TPSA) is 82.7 Å². The molecule has 1 rings (SSSR count). The minimum Gasteiger partial charge on any atom is -0.389 e. The summed E-state index contributed by atoms with van der Waals surface area (Å²) in [6.45, 7) is 8.97. The molecular formula is C14H26N4O2S. The predicted octanol–water partition coefficient (Wildman–Crippen LogP) is 1.80. The van der Waals surface area contributed by atoms with Gasteiger partial charge in [0.15, 0.2) is 5.13 Å². The van der Waals surface area contributed by atoms with Gasteiger partial charge in [0.1, 0.15) is 10.7 Å². The van der Waals surface area contributed by atoms with Gasteiger partial charge < -0.3 is 20.6 Å². The lowest BCUT2D eigenvalue weighted by molar-refractivity contribution is 0.0317. The Kier molecular flexibility index (Phi) is 5.98. The zero-order chi connectivity index (χ0) is 16.2. The molecule has 3 N–H and O–H groups in total. The molecule has 21 heavy (non-hydrogen) atoms. The molecule has 1 heterocycles. The van der Waals surface area contributed by atoms with Crippen LogP contribution in [0.2, 0.25) is 0 Å². The summed E-state index contributed by atoms with van der Waals surface area (Å²) in [5, 5.41) is 10.6. The maximum Gasteiger partial charge on any atom is 0.267 e. The number of aliphatic hydroxyl groups is 1. The second-order valence-corrected chi connectivity index (χ2v) is 6.74. The van der Waals surface area contributed by atoms with E-state index in [-0.39, 0.29) is 18.3 Å². The number of aromatic nitrogens is 1. The van der Waals surface area contributed by atoms with Gasteiger partial charge in [-0.1, -0.05) is 18.3 Å². The Hall–Kier alpha value is -1.34. The van der Waals surface area contributed by atoms with Gasteiger partial charge in [-0.2, -0.15) is 0 Å². The van der Waals surface area contributed by atoms with E-state index in [9.17, 15) is 9.90 Å². The summed E-state index contributed by atoms with van der Waals surface area (Å²) >= 11 is 1.30. The number of hydrogen-bond acceptors (Lipinski definition) is 6. The van der Waals surface area contributed by atoms with Crippen LogP contribution in [-0.2, 0) is 0 Å². The molecule has 6 nitrogen and oxygen atoms in total. The summed E-state index contributed by atoms with van der Waals surface area (Å²) in [7, 11) is 1.93. The minimum absolute atomic E-state index is 0.175. The molecule has 0 fully saturated rings. The highest BCUT2D eigenvalue weighted by atomic mass is 32.1. The molecule has 120 valence electrons. The Bertz CT molecular complexity index is 482. The lowest BCUT2D eigenvalue weighted by Crippen LogP contribution is -2.42. The van der Waals surface area contributed by atoms with E-state index in [2.05, 4.69) is 11.9 Å². The van der Waals surface area contributed by atoms with Crippen LogP contribution in [0.4, 0.5) is 10.9 Å². The van der Waals surface area contributed by atoms with Gasteiger partial charge in [0, 0.05) is 26.7 Å². The van der Waals surface area contributed by atoms with E-state index in [1.807, 2.05) is 18.9 Å². The number of amides is 1. The Morgan fingerprint density at radius 2 is 2.05 bits per heavy atom. The number of rotatable bonds is 7. The van der Waals surface area contributed by atoms with Gasteiger partial charge in [0.25, 0.3) is 5.91 Å². The Labute approximate surface area is 130 Å². The van der Waals surface area contributed by atoms with E-state index >= 15 is 0 Å². The molecule has 1 aromatic heterocycles. The van der Waals surface area contributed by atoms with Crippen molar-refractivity contribution in [1.29, 1.82) is 0 Å². The molecule has 0 aromatic carbocycles. The van der Waals surface area contributed by atoms with Crippen LogP contribution >= 0.6 is 11.3 Å². The van der Waals surface area contributed by atoms with Crippen molar-refractivity contribution in [3.63, 3.8) is 0 Å². The third-order valence-corrected chi connectivity index (χ3v) is 4.14. The zero-order valence-corrected chi connectivity index (χ0v) is 14.3. The molecule has 0 saturated heterocycles. The first-order chi connectivity index (χ1) is 9.69. The molecule has 0 unspecified atom stereocenters. The molecule has 1 aromatic rings. The zero-order valence-electron chi connectivity index (χ0n) is 13.5. The van der Waals surface area contributed by atoms with E-state index in [1.165, 1.54) is 11.3 Å². The number of hydrogen-bond donors (Lipinski definition) is 2. The Morgan fingerprint density at radius 1 is 1.43 bits per heavy atom. The van der Waals surface area contributed by atoms with Crippen LogP contribution in [0.15, 0.2) is 0 Å². The molecular weight excluding hydrogens is 288 g/mol. The number of carbonyl (C=O) groups excluding carboxylic acids is 1. The molecule has 7 heteroatoms. The average molecular weight is 314 g/mol. The molecule has 0 aliphatic heterocycles. The van der Waals surface area contributed by atoms with Crippen LogP contribution in [0.1, 0.15) is 43.8 Å². The minimum atomic E-state index is -0.938. The van der Waals surface area contributed by atoms with Crippen LogP contribution in [0, 0.1) is 0 Å². The maximum absolute atomic E-state index is 12.6. The summed E-state index contributed by atoms with van der Waals surface area (Å²) in [6.07, 6.45) is 0.999. The van der Waals surface area contributed by atoms with Gasteiger partial charge in [-0.25, -0.2) is 4.98 Å². The van der Waals surface area contributed by atoms with Gasteiger partial charge in [0.2, 0.25) is 0 Å². The van der Waals surface area contributed by atoms with Crippen LogP contribution in [-0.4, -0.2) is 53.2 Å². The average Bonchev–Trinajstić information content (AvgIpc) is 2.76. The Balaban J connectivity index is 2.96. The summed E-state index contributed by atoms with van der Waals surface area (Å²) in [6, 6.07) is 0. The first kappa shape index (κ1) is 17.7. The second kappa shape index (κ2) is 7.09.